The Kier molecular flexibility index (Phi) is 6.73. The summed E-state index contributed by atoms with van der Waals surface area (Å²) in [6.07, 6.45) is 5.98. The molecule has 160 valence electrons. The van der Waals surface area contributed by atoms with E-state index >= 15 is 0 Å². The minimum atomic E-state index is -0.507. The number of hydrogen-bond donors (Lipinski definition) is 1. The Morgan fingerprint density at radius 1 is 1.00 bits per heavy atom. The first-order chi connectivity index (χ1) is 15.0. The fourth-order valence-corrected chi connectivity index (χ4v) is 4.40. The molecule has 31 heavy (non-hydrogen) atoms. The van der Waals surface area contributed by atoms with Gasteiger partial charge in [-0.2, -0.15) is 0 Å². The van der Waals surface area contributed by atoms with E-state index in [1.54, 1.807) is 12.1 Å². The third-order valence-electron chi connectivity index (χ3n) is 5.41. The summed E-state index contributed by atoms with van der Waals surface area (Å²) in [4.78, 5) is 30.3. The smallest absolute Gasteiger partial charge is 0.339 e. The summed E-state index contributed by atoms with van der Waals surface area (Å²) < 4.78 is 5.42. The van der Waals surface area contributed by atoms with Gasteiger partial charge in [0.2, 0.25) is 0 Å². The lowest BCUT2D eigenvalue weighted by molar-refractivity contribution is -0.119. The van der Waals surface area contributed by atoms with Gasteiger partial charge < -0.3 is 10.1 Å². The van der Waals surface area contributed by atoms with Crippen molar-refractivity contribution in [2.75, 3.05) is 11.9 Å². The molecule has 1 aliphatic carbocycles. The Morgan fingerprint density at radius 3 is 2.58 bits per heavy atom. The lowest BCUT2D eigenvalue weighted by atomic mass is 9.91. The predicted molar refractivity (Wildman–Crippen MR) is 123 cm³/mol. The fraction of sp³-hybridized carbons (Fsp3) is 0.292. The van der Waals surface area contributed by atoms with E-state index in [1.807, 2.05) is 24.3 Å². The highest BCUT2D eigenvalue weighted by molar-refractivity contribution is 6.36. The van der Waals surface area contributed by atoms with Crippen molar-refractivity contribution in [2.24, 2.45) is 0 Å². The number of rotatable bonds is 4. The number of carbonyl (C=O) groups excluding carboxylic acids is 2. The maximum absolute atomic E-state index is 13.1. The molecular weight excluding hydrogens is 435 g/mol. The molecule has 3 aromatic rings. The number of ether oxygens (including phenoxy) is 1. The van der Waals surface area contributed by atoms with Crippen LogP contribution in [0.4, 0.5) is 5.69 Å². The number of aromatic nitrogens is 1. The number of halogens is 2. The summed E-state index contributed by atoms with van der Waals surface area (Å²) in [6.45, 7) is -0.413. The van der Waals surface area contributed by atoms with Crippen LogP contribution in [0.5, 0.6) is 0 Å². The van der Waals surface area contributed by atoms with Crippen molar-refractivity contribution in [3.63, 3.8) is 0 Å². The summed E-state index contributed by atoms with van der Waals surface area (Å²) in [6, 6.07) is 12.3. The fourth-order valence-electron chi connectivity index (χ4n) is 3.94. The van der Waals surface area contributed by atoms with Crippen LogP contribution < -0.4 is 5.32 Å². The molecule has 1 aromatic heterocycles. The van der Waals surface area contributed by atoms with Crippen LogP contribution in [0.25, 0.3) is 10.9 Å². The molecule has 0 spiro atoms. The molecule has 5 nitrogen and oxygen atoms in total. The molecule has 0 unspecified atom stereocenters. The minimum Gasteiger partial charge on any atom is -0.452 e. The molecule has 0 radical (unpaired) electrons. The molecule has 1 amide bonds. The third kappa shape index (κ3) is 5.00. The van der Waals surface area contributed by atoms with Gasteiger partial charge >= 0.3 is 5.97 Å². The summed E-state index contributed by atoms with van der Waals surface area (Å²) in [5.41, 5.74) is 3.62. The van der Waals surface area contributed by atoms with Crippen LogP contribution >= 0.6 is 23.2 Å². The summed E-state index contributed by atoms with van der Waals surface area (Å²) in [5, 5.41) is 4.18. The summed E-state index contributed by atoms with van der Waals surface area (Å²) in [7, 11) is 0. The van der Waals surface area contributed by atoms with E-state index in [4.69, 9.17) is 32.9 Å². The number of hydrogen-bond acceptors (Lipinski definition) is 4. The van der Waals surface area contributed by atoms with Crippen molar-refractivity contribution >= 4 is 51.7 Å². The first-order valence-electron chi connectivity index (χ1n) is 10.4. The van der Waals surface area contributed by atoms with Crippen LogP contribution in [0.15, 0.2) is 42.5 Å². The number of anilines is 1. The average Bonchev–Trinajstić information content (AvgIpc) is 2.74. The Labute approximate surface area is 190 Å². The number of benzene rings is 2. The average molecular weight is 457 g/mol. The monoisotopic (exact) mass is 456 g/mol. The highest BCUT2D eigenvalue weighted by Crippen LogP contribution is 2.29. The van der Waals surface area contributed by atoms with E-state index in [0.717, 1.165) is 54.3 Å². The number of carbonyl (C=O) groups is 2. The van der Waals surface area contributed by atoms with Gasteiger partial charge in [-0.25, -0.2) is 4.79 Å². The molecule has 0 saturated carbocycles. The van der Waals surface area contributed by atoms with Crippen molar-refractivity contribution in [1.82, 2.24) is 4.98 Å². The zero-order valence-corrected chi connectivity index (χ0v) is 18.4. The van der Waals surface area contributed by atoms with Gasteiger partial charge in [0.15, 0.2) is 6.61 Å². The molecule has 4 rings (SSSR count). The van der Waals surface area contributed by atoms with Crippen molar-refractivity contribution in [1.29, 1.82) is 0 Å². The van der Waals surface area contributed by atoms with Crippen LogP contribution in [0.3, 0.4) is 0 Å². The summed E-state index contributed by atoms with van der Waals surface area (Å²) in [5.74, 6) is -0.980. The molecule has 0 aliphatic heterocycles. The number of amides is 1. The second-order valence-electron chi connectivity index (χ2n) is 7.59. The summed E-state index contributed by atoms with van der Waals surface area (Å²) >= 11 is 12.0. The van der Waals surface area contributed by atoms with Crippen LogP contribution in [0.2, 0.25) is 10.0 Å². The van der Waals surface area contributed by atoms with Gasteiger partial charge in [-0.1, -0.05) is 54.2 Å². The predicted octanol–water partition coefficient (Wildman–Crippen LogP) is 6.00. The van der Waals surface area contributed by atoms with Crippen molar-refractivity contribution in [3.8, 4) is 0 Å². The lowest BCUT2D eigenvalue weighted by Gasteiger charge is -2.18. The Morgan fingerprint density at radius 2 is 1.77 bits per heavy atom. The first kappa shape index (κ1) is 21.6. The van der Waals surface area contributed by atoms with Gasteiger partial charge in [-0.05, 0) is 55.5 Å². The minimum absolute atomic E-state index is 0.314. The number of pyridine rings is 1. The van der Waals surface area contributed by atoms with Crippen molar-refractivity contribution in [2.45, 2.75) is 38.5 Å². The molecular formula is C24H22Cl2N2O3. The maximum atomic E-state index is 13.1. The van der Waals surface area contributed by atoms with Crippen molar-refractivity contribution < 1.29 is 14.3 Å². The number of nitrogens with zero attached hydrogens (tertiary/aromatic N) is 1. The van der Waals surface area contributed by atoms with Crippen LogP contribution in [-0.4, -0.2) is 23.5 Å². The van der Waals surface area contributed by atoms with Gasteiger partial charge in [-0.15, -0.1) is 0 Å². The van der Waals surface area contributed by atoms with E-state index < -0.39 is 18.5 Å². The Balaban J connectivity index is 1.57. The normalized spacial score (nSPS) is 13.7. The van der Waals surface area contributed by atoms with E-state index in [2.05, 4.69) is 5.32 Å². The molecule has 1 aliphatic rings. The van der Waals surface area contributed by atoms with Crippen molar-refractivity contribution in [3.05, 3.63) is 69.3 Å². The van der Waals surface area contributed by atoms with Crippen LogP contribution in [0, 0.1) is 0 Å². The maximum Gasteiger partial charge on any atom is 0.339 e. The zero-order valence-electron chi connectivity index (χ0n) is 16.9. The Bertz CT molecular complexity index is 1150. The molecule has 0 fully saturated rings. The topological polar surface area (TPSA) is 68.3 Å². The van der Waals surface area contributed by atoms with Gasteiger partial charge in [0, 0.05) is 16.1 Å². The van der Waals surface area contributed by atoms with E-state index in [-0.39, 0.29) is 0 Å². The quantitative estimate of drug-likeness (QED) is 0.489. The standard InChI is InChI=1S/C24H22Cl2N2O3/c25-15-11-12-21(18(26)13-15)28-22(29)14-31-24(30)23-16-7-3-1-2-4-9-19(16)27-20-10-6-5-8-17(20)23/h5-6,8,10-13H,1-4,7,9,14H2,(H,28,29). The second kappa shape index (κ2) is 9.67. The molecule has 1 N–H and O–H groups in total. The second-order valence-corrected chi connectivity index (χ2v) is 8.44. The third-order valence-corrected chi connectivity index (χ3v) is 5.96. The molecule has 7 heteroatoms. The molecule has 0 saturated heterocycles. The first-order valence-corrected chi connectivity index (χ1v) is 11.1. The molecule has 0 atom stereocenters. The number of nitrogens with one attached hydrogen (secondary N) is 1. The molecule has 0 bridgehead atoms. The zero-order chi connectivity index (χ0) is 21.8. The molecule has 2 aromatic carbocycles. The van der Waals surface area contributed by atoms with Gasteiger partial charge in [-0.3, -0.25) is 9.78 Å². The number of fused-ring (bicyclic) bond motifs is 2. The van der Waals surface area contributed by atoms with Gasteiger partial charge in [0.1, 0.15) is 0 Å². The molecule has 1 heterocycles. The highest BCUT2D eigenvalue weighted by Gasteiger charge is 2.23. The number of aryl methyl sites for hydroxylation is 1. The van der Waals surface area contributed by atoms with E-state index in [0.29, 0.717) is 21.3 Å². The van der Waals surface area contributed by atoms with Crippen LogP contribution in [0.1, 0.15) is 47.3 Å². The lowest BCUT2D eigenvalue weighted by Crippen LogP contribution is -2.22. The van der Waals surface area contributed by atoms with E-state index in [1.165, 1.54) is 12.5 Å². The highest BCUT2D eigenvalue weighted by atomic mass is 35.5. The largest absolute Gasteiger partial charge is 0.452 e. The van der Waals surface area contributed by atoms with E-state index in [9.17, 15) is 9.59 Å². The Hall–Kier alpha value is -2.63. The van der Waals surface area contributed by atoms with Gasteiger partial charge in [0.05, 0.1) is 21.8 Å². The number of esters is 1. The SMILES string of the molecule is O=C(COC(=O)c1c2c(nc3ccccc13)CCCCCC2)Nc1ccc(Cl)cc1Cl. The number of para-hydroxylation sites is 1. The van der Waals surface area contributed by atoms with Gasteiger partial charge in [0.25, 0.3) is 5.91 Å². The van der Waals surface area contributed by atoms with Crippen LogP contribution in [-0.2, 0) is 22.4 Å².